The first kappa shape index (κ1) is 38.6. The molecule has 6 nitrogen and oxygen atoms in total. The van der Waals surface area contributed by atoms with Gasteiger partial charge >= 0.3 is 0 Å². The van der Waals surface area contributed by atoms with Gasteiger partial charge in [0.25, 0.3) is 10.1 Å². The maximum absolute atomic E-state index is 10.5. The van der Waals surface area contributed by atoms with Crippen molar-refractivity contribution in [2.24, 2.45) is 0 Å². The summed E-state index contributed by atoms with van der Waals surface area (Å²) in [4.78, 5) is 7.30. The molecule has 0 unspecified atom stereocenters. The second kappa shape index (κ2) is 17.5. The van der Waals surface area contributed by atoms with Crippen molar-refractivity contribution in [3.63, 3.8) is 0 Å². The minimum atomic E-state index is -4.02. The smallest absolute Gasteiger partial charge is 0.294 e. The molecule has 260 valence electrons. The summed E-state index contributed by atoms with van der Waals surface area (Å²) >= 11 is 0. The first-order valence-electron chi connectivity index (χ1n) is 17.4. The van der Waals surface area contributed by atoms with E-state index in [1.54, 1.807) is 12.1 Å². The molecule has 0 atom stereocenters. The summed E-state index contributed by atoms with van der Waals surface area (Å²) in [6.07, 6.45) is 0. The Morgan fingerprint density at radius 1 is 0.500 bits per heavy atom. The molecular weight excluding hydrogens is 615 g/mol. The maximum atomic E-state index is 10.5. The summed E-state index contributed by atoms with van der Waals surface area (Å²) < 4.78 is 29.6. The van der Waals surface area contributed by atoms with Crippen molar-refractivity contribution in [1.29, 1.82) is 0 Å². The maximum Gasteiger partial charge on any atom is 0.294 e. The highest BCUT2D eigenvalue weighted by molar-refractivity contribution is 7.85. The average molecular weight is 672 g/mol. The molecule has 0 bridgehead atoms. The summed E-state index contributed by atoms with van der Waals surface area (Å²) in [7, 11) is -4.02. The molecule has 0 aromatic heterocycles. The molecule has 0 amide bonds. The standard InChI is InChI=1S/C34H49N3.C7H8O3S/c1-10-35(11-2)28-19-16-25(7)31(22-28)34(32-23-29(20-17-26(32)8)36(12-3)13-4)33-24-30(21-18-27(33)9)37(14-5)15-6;1-6-2-4-7(5-3-6)11(8,9)10/h16-24,34H,10-15H2,1-9H3;2-5H,1H3,(H,8,9,10). The predicted octanol–water partition coefficient (Wildman–Crippen LogP) is 9.57. The fraction of sp³-hybridized carbons (Fsp3) is 0.415. The molecule has 0 radical (unpaired) electrons. The van der Waals surface area contributed by atoms with Crippen LogP contribution in [0.4, 0.5) is 17.1 Å². The van der Waals surface area contributed by atoms with Crippen LogP contribution in [0.1, 0.15) is 86.4 Å². The van der Waals surface area contributed by atoms with Crippen LogP contribution in [0.15, 0.2) is 83.8 Å². The van der Waals surface area contributed by atoms with Crippen LogP contribution >= 0.6 is 0 Å². The zero-order valence-electron chi connectivity index (χ0n) is 30.8. The van der Waals surface area contributed by atoms with Crippen LogP contribution < -0.4 is 14.7 Å². The van der Waals surface area contributed by atoms with Crippen LogP contribution in [0.2, 0.25) is 0 Å². The Bertz CT molecular complexity index is 1580. The van der Waals surface area contributed by atoms with E-state index in [-0.39, 0.29) is 10.8 Å². The van der Waals surface area contributed by atoms with Gasteiger partial charge in [0.15, 0.2) is 0 Å². The lowest BCUT2D eigenvalue weighted by Gasteiger charge is -2.30. The summed E-state index contributed by atoms with van der Waals surface area (Å²) in [6, 6.07) is 27.2. The van der Waals surface area contributed by atoms with Crippen molar-refractivity contribution < 1.29 is 13.0 Å². The van der Waals surface area contributed by atoms with Crippen LogP contribution in [-0.4, -0.2) is 52.2 Å². The van der Waals surface area contributed by atoms with Gasteiger partial charge in [0.1, 0.15) is 0 Å². The van der Waals surface area contributed by atoms with Crippen LogP contribution in [0.25, 0.3) is 0 Å². The molecular formula is C41H57N3O3S. The van der Waals surface area contributed by atoms with E-state index in [1.165, 1.54) is 62.6 Å². The molecule has 0 aliphatic carbocycles. The first-order chi connectivity index (χ1) is 22.8. The molecule has 1 N–H and O–H groups in total. The van der Waals surface area contributed by atoms with Crippen molar-refractivity contribution >= 4 is 27.2 Å². The second-order valence-corrected chi connectivity index (χ2v) is 13.8. The Morgan fingerprint density at radius 2 is 0.792 bits per heavy atom. The van der Waals surface area contributed by atoms with E-state index in [0.29, 0.717) is 0 Å². The molecule has 7 heteroatoms. The fourth-order valence-corrected chi connectivity index (χ4v) is 6.87. The number of rotatable bonds is 13. The van der Waals surface area contributed by atoms with Gasteiger partial charge in [-0.25, -0.2) is 0 Å². The van der Waals surface area contributed by atoms with Gasteiger partial charge in [-0.2, -0.15) is 8.42 Å². The molecule has 0 spiro atoms. The topological polar surface area (TPSA) is 64.1 Å². The molecule has 4 aromatic carbocycles. The van der Waals surface area contributed by atoms with Gasteiger partial charge in [-0.1, -0.05) is 35.9 Å². The van der Waals surface area contributed by atoms with Crippen molar-refractivity contribution in [2.45, 2.75) is 80.1 Å². The number of nitrogens with zero attached hydrogens (tertiary/aromatic N) is 3. The first-order valence-corrected chi connectivity index (χ1v) is 18.9. The monoisotopic (exact) mass is 671 g/mol. The van der Waals surface area contributed by atoms with Crippen molar-refractivity contribution in [3.05, 3.63) is 118 Å². The van der Waals surface area contributed by atoms with Crippen LogP contribution in [0, 0.1) is 27.7 Å². The molecule has 48 heavy (non-hydrogen) atoms. The highest BCUT2D eigenvalue weighted by Gasteiger charge is 2.25. The van der Waals surface area contributed by atoms with Gasteiger partial charge in [0.05, 0.1) is 4.90 Å². The molecule has 0 fully saturated rings. The van der Waals surface area contributed by atoms with E-state index >= 15 is 0 Å². The van der Waals surface area contributed by atoms with Gasteiger partial charge in [0, 0.05) is 62.2 Å². The van der Waals surface area contributed by atoms with E-state index in [2.05, 4.69) is 132 Å². The molecule has 4 aromatic rings. The van der Waals surface area contributed by atoms with E-state index in [9.17, 15) is 8.42 Å². The summed E-state index contributed by atoms with van der Waals surface area (Å²) in [5.74, 6) is 0.168. The Labute approximate surface area is 291 Å². The van der Waals surface area contributed by atoms with Gasteiger partial charge in [-0.15, -0.1) is 0 Å². The van der Waals surface area contributed by atoms with Gasteiger partial charge in [-0.3, -0.25) is 4.55 Å². The van der Waals surface area contributed by atoms with Crippen molar-refractivity contribution in [3.8, 4) is 0 Å². The Hall–Kier alpha value is -3.81. The van der Waals surface area contributed by atoms with E-state index in [4.69, 9.17) is 4.55 Å². The second-order valence-electron chi connectivity index (χ2n) is 12.4. The van der Waals surface area contributed by atoms with E-state index in [1.807, 2.05) is 6.92 Å². The van der Waals surface area contributed by atoms with Crippen LogP contribution in [0.5, 0.6) is 0 Å². The normalized spacial score (nSPS) is 11.2. The molecule has 0 saturated heterocycles. The SMILES string of the molecule is CCN(CC)c1ccc(C)c(C(c2cc(N(CC)CC)ccc2C)c2cc(N(CC)CC)ccc2C)c1.Cc1ccc(S(=O)(=O)O)cc1. The third kappa shape index (κ3) is 9.42. The third-order valence-electron chi connectivity index (χ3n) is 9.43. The summed E-state index contributed by atoms with van der Waals surface area (Å²) in [6.45, 7) is 28.2. The highest BCUT2D eigenvalue weighted by Crippen LogP contribution is 2.41. The molecule has 0 aliphatic heterocycles. The lowest BCUT2D eigenvalue weighted by molar-refractivity contribution is 0.483. The Kier molecular flexibility index (Phi) is 14.1. The van der Waals surface area contributed by atoms with Gasteiger partial charge in [0.2, 0.25) is 0 Å². The van der Waals surface area contributed by atoms with Crippen LogP contribution in [-0.2, 0) is 10.1 Å². The van der Waals surface area contributed by atoms with Crippen molar-refractivity contribution in [1.82, 2.24) is 0 Å². The molecule has 0 heterocycles. The number of anilines is 3. The quantitative estimate of drug-likeness (QED) is 0.113. The van der Waals surface area contributed by atoms with Gasteiger partial charge in [-0.05, 0) is 151 Å². The lowest BCUT2D eigenvalue weighted by Crippen LogP contribution is -2.23. The van der Waals surface area contributed by atoms with Gasteiger partial charge < -0.3 is 14.7 Å². The molecule has 0 aliphatic rings. The largest absolute Gasteiger partial charge is 0.372 e. The van der Waals surface area contributed by atoms with E-state index < -0.39 is 10.1 Å². The number of hydrogen-bond acceptors (Lipinski definition) is 5. The minimum Gasteiger partial charge on any atom is -0.372 e. The predicted molar refractivity (Wildman–Crippen MR) is 206 cm³/mol. The Balaban J connectivity index is 0.000000480. The van der Waals surface area contributed by atoms with Crippen molar-refractivity contribution in [2.75, 3.05) is 54.0 Å². The number of hydrogen-bond donors (Lipinski definition) is 1. The minimum absolute atomic E-state index is 0.0666. The number of benzene rings is 4. The lowest BCUT2D eigenvalue weighted by atomic mass is 9.79. The summed E-state index contributed by atoms with van der Waals surface area (Å²) in [5.41, 5.74) is 13.2. The number of aryl methyl sites for hydroxylation is 4. The average Bonchev–Trinajstić information content (AvgIpc) is 3.06. The Morgan fingerprint density at radius 3 is 1.04 bits per heavy atom. The zero-order valence-corrected chi connectivity index (χ0v) is 31.7. The highest BCUT2D eigenvalue weighted by atomic mass is 32.2. The zero-order chi connectivity index (χ0) is 35.6. The van der Waals surface area contributed by atoms with Crippen LogP contribution in [0.3, 0.4) is 0 Å². The summed E-state index contributed by atoms with van der Waals surface area (Å²) in [5, 5.41) is 0. The fourth-order valence-electron chi connectivity index (χ4n) is 6.39. The third-order valence-corrected chi connectivity index (χ3v) is 10.3. The molecule has 0 saturated carbocycles. The van der Waals surface area contributed by atoms with E-state index in [0.717, 1.165) is 44.8 Å². The molecule has 4 rings (SSSR count).